The lowest BCUT2D eigenvalue weighted by molar-refractivity contribution is 0.626. The number of halogens is 1. The van der Waals surface area contributed by atoms with Crippen LogP contribution in [0.3, 0.4) is 0 Å². The normalized spacial score (nSPS) is 10.4. The van der Waals surface area contributed by atoms with E-state index in [9.17, 15) is 4.39 Å². The van der Waals surface area contributed by atoms with E-state index in [0.717, 1.165) is 15.5 Å². The third-order valence-corrected chi connectivity index (χ3v) is 3.17. The first-order valence-corrected chi connectivity index (χ1v) is 5.68. The molecule has 1 aromatic heterocycles. The number of rotatable bonds is 3. The first kappa shape index (κ1) is 11.1. The Bertz CT molecular complexity index is 471. The van der Waals surface area contributed by atoms with Gasteiger partial charge in [-0.25, -0.2) is 9.37 Å². The number of nitrogens with two attached hydrogens (primary N) is 1. The number of hydrogen-bond acceptors (Lipinski definition) is 3. The summed E-state index contributed by atoms with van der Waals surface area (Å²) in [7, 11) is 0. The average Bonchev–Trinajstić information content (AvgIpc) is 2.33. The molecule has 0 atom stereocenters. The lowest BCUT2D eigenvalue weighted by atomic mass is 10.3. The van der Waals surface area contributed by atoms with Crippen molar-refractivity contribution >= 4 is 11.8 Å². The molecule has 2 rings (SSSR count). The summed E-state index contributed by atoms with van der Waals surface area (Å²) in [6, 6.07) is 10.1. The number of pyridine rings is 1. The van der Waals surface area contributed by atoms with Gasteiger partial charge in [0.05, 0.1) is 0 Å². The third-order valence-electron chi connectivity index (χ3n) is 2.10. The molecule has 1 aromatic carbocycles. The predicted octanol–water partition coefficient (Wildman–Crippen LogP) is 2.83. The molecule has 0 aliphatic rings. The number of benzene rings is 1. The maximum absolute atomic E-state index is 12.7. The molecule has 2 nitrogen and oxygen atoms in total. The van der Waals surface area contributed by atoms with Gasteiger partial charge in [0.1, 0.15) is 10.8 Å². The molecule has 2 N–H and O–H groups in total. The highest BCUT2D eigenvalue weighted by molar-refractivity contribution is 7.99. The molecule has 0 radical (unpaired) electrons. The third kappa shape index (κ3) is 2.59. The Balaban J connectivity index is 2.23. The van der Waals surface area contributed by atoms with E-state index in [-0.39, 0.29) is 5.82 Å². The van der Waals surface area contributed by atoms with Crippen molar-refractivity contribution in [2.45, 2.75) is 16.5 Å². The van der Waals surface area contributed by atoms with Crippen LogP contribution in [0.25, 0.3) is 0 Å². The molecular weight excluding hydrogens is 223 g/mol. The van der Waals surface area contributed by atoms with Crippen molar-refractivity contribution in [3.8, 4) is 0 Å². The Morgan fingerprint density at radius 1 is 1.19 bits per heavy atom. The average molecular weight is 234 g/mol. The van der Waals surface area contributed by atoms with E-state index in [4.69, 9.17) is 5.73 Å². The predicted molar refractivity (Wildman–Crippen MR) is 62.7 cm³/mol. The van der Waals surface area contributed by atoms with Crippen LogP contribution >= 0.6 is 11.8 Å². The summed E-state index contributed by atoms with van der Waals surface area (Å²) in [5.74, 6) is -0.232. The Morgan fingerprint density at radius 3 is 2.62 bits per heavy atom. The zero-order valence-electron chi connectivity index (χ0n) is 8.56. The smallest absolute Gasteiger partial charge is 0.123 e. The van der Waals surface area contributed by atoms with Crippen LogP contribution in [-0.4, -0.2) is 4.98 Å². The summed E-state index contributed by atoms with van der Waals surface area (Å²) < 4.78 is 12.7. The molecule has 0 unspecified atom stereocenters. The van der Waals surface area contributed by atoms with E-state index >= 15 is 0 Å². The van der Waals surface area contributed by atoms with Gasteiger partial charge in [0.2, 0.25) is 0 Å². The van der Waals surface area contributed by atoms with Crippen molar-refractivity contribution in [1.82, 2.24) is 4.98 Å². The van der Waals surface area contributed by atoms with Crippen LogP contribution in [0.4, 0.5) is 4.39 Å². The summed E-state index contributed by atoms with van der Waals surface area (Å²) in [4.78, 5) is 5.21. The zero-order chi connectivity index (χ0) is 11.4. The second-order valence-electron chi connectivity index (χ2n) is 3.23. The van der Waals surface area contributed by atoms with Crippen molar-refractivity contribution in [2.75, 3.05) is 0 Å². The topological polar surface area (TPSA) is 38.9 Å². The lowest BCUT2D eigenvalue weighted by Gasteiger charge is -2.05. The minimum Gasteiger partial charge on any atom is -0.326 e. The van der Waals surface area contributed by atoms with E-state index in [2.05, 4.69) is 4.98 Å². The fraction of sp³-hybridized carbons (Fsp3) is 0.0833. The standard InChI is InChI=1S/C12H11FN2S/c13-10-3-5-11(6-4-10)16-12-9(8-14)2-1-7-15-12/h1-7H,8,14H2. The first-order chi connectivity index (χ1) is 7.79. The fourth-order valence-electron chi connectivity index (χ4n) is 1.29. The molecule has 0 saturated carbocycles. The quantitative estimate of drug-likeness (QED) is 0.887. The molecule has 16 heavy (non-hydrogen) atoms. The van der Waals surface area contributed by atoms with Gasteiger partial charge in [0.15, 0.2) is 0 Å². The van der Waals surface area contributed by atoms with Gasteiger partial charge in [-0.15, -0.1) is 0 Å². The fourth-order valence-corrected chi connectivity index (χ4v) is 2.18. The van der Waals surface area contributed by atoms with E-state index in [1.165, 1.54) is 23.9 Å². The second-order valence-corrected chi connectivity index (χ2v) is 4.29. The SMILES string of the molecule is NCc1cccnc1Sc1ccc(F)cc1. The summed E-state index contributed by atoms with van der Waals surface area (Å²) in [6.07, 6.45) is 1.73. The zero-order valence-corrected chi connectivity index (χ0v) is 9.38. The molecular formula is C12H11FN2S. The summed E-state index contributed by atoms with van der Waals surface area (Å²) >= 11 is 1.49. The Hall–Kier alpha value is -1.39. The van der Waals surface area contributed by atoms with E-state index in [1.807, 2.05) is 12.1 Å². The van der Waals surface area contributed by atoms with E-state index in [0.29, 0.717) is 6.54 Å². The number of hydrogen-bond donors (Lipinski definition) is 1. The monoisotopic (exact) mass is 234 g/mol. The van der Waals surface area contributed by atoms with Crippen LogP contribution in [0.2, 0.25) is 0 Å². The highest BCUT2D eigenvalue weighted by atomic mass is 32.2. The maximum atomic E-state index is 12.7. The maximum Gasteiger partial charge on any atom is 0.123 e. The van der Waals surface area contributed by atoms with Crippen LogP contribution in [0.1, 0.15) is 5.56 Å². The van der Waals surface area contributed by atoms with Crippen molar-refractivity contribution < 1.29 is 4.39 Å². The van der Waals surface area contributed by atoms with Crippen molar-refractivity contribution in [3.63, 3.8) is 0 Å². The molecule has 0 spiro atoms. The molecule has 0 aliphatic heterocycles. The Morgan fingerprint density at radius 2 is 1.94 bits per heavy atom. The van der Waals surface area contributed by atoms with Gasteiger partial charge in [-0.05, 0) is 35.9 Å². The van der Waals surface area contributed by atoms with Crippen molar-refractivity contribution in [3.05, 3.63) is 54.0 Å². The molecule has 0 fully saturated rings. The molecule has 4 heteroatoms. The number of aromatic nitrogens is 1. The Kier molecular flexibility index (Phi) is 3.54. The highest BCUT2D eigenvalue weighted by Crippen LogP contribution is 2.28. The molecule has 0 bridgehead atoms. The summed E-state index contributed by atoms with van der Waals surface area (Å²) in [5, 5.41) is 0.872. The van der Waals surface area contributed by atoms with Crippen LogP contribution in [-0.2, 0) is 6.54 Å². The number of nitrogens with zero attached hydrogens (tertiary/aromatic N) is 1. The van der Waals surface area contributed by atoms with Gasteiger partial charge in [-0.1, -0.05) is 17.8 Å². The van der Waals surface area contributed by atoms with Gasteiger partial charge in [0, 0.05) is 17.6 Å². The van der Waals surface area contributed by atoms with Crippen LogP contribution in [0.15, 0.2) is 52.5 Å². The summed E-state index contributed by atoms with van der Waals surface area (Å²) in [6.45, 7) is 0.456. The van der Waals surface area contributed by atoms with Gasteiger partial charge in [-0.3, -0.25) is 0 Å². The lowest BCUT2D eigenvalue weighted by Crippen LogP contribution is -1.99. The van der Waals surface area contributed by atoms with Crippen LogP contribution in [0.5, 0.6) is 0 Å². The van der Waals surface area contributed by atoms with Gasteiger partial charge in [-0.2, -0.15) is 0 Å². The second kappa shape index (κ2) is 5.09. The van der Waals surface area contributed by atoms with Gasteiger partial charge >= 0.3 is 0 Å². The highest BCUT2D eigenvalue weighted by Gasteiger charge is 2.03. The molecule has 82 valence electrons. The van der Waals surface area contributed by atoms with E-state index < -0.39 is 0 Å². The minimum atomic E-state index is -0.232. The van der Waals surface area contributed by atoms with Crippen LogP contribution in [0, 0.1) is 5.82 Å². The molecule has 0 saturated heterocycles. The molecule has 0 aliphatic carbocycles. The summed E-state index contributed by atoms with van der Waals surface area (Å²) in [5.41, 5.74) is 6.61. The minimum absolute atomic E-state index is 0.232. The van der Waals surface area contributed by atoms with Gasteiger partial charge < -0.3 is 5.73 Å². The van der Waals surface area contributed by atoms with Crippen molar-refractivity contribution in [2.24, 2.45) is 5.73 Å². The van der Waals surface area contributed by atoms with Crippen molar-refractivity contribution in [1.29, 1.82) is 0 Å². The Labute approximate surface area is 97.7 Å². The van der Waals surface area contributed by atoms with E-state index in [1.54, 1.807) is 18.3 Å². The first-order valence-electron chi connectivity index (χ1n) is 4.87. The molecule has 1 heterocycles. The molecule has 2 aromatic rings. The molecule has 0 amide bonds. The largest absolute Gasteiger partial charge is 0.326 e. The van der Waals surface area contributed by atoms with Crippen LogP contribution < -0.4 is 5.73 Å². The van der Waals surface area contributed by atoms with Gasteiger partial charge in [0.25, 0.3) is 0 Å².